The molecule has 1 amide bonds. The van der Waals surface area contributed by atoms with E-state index in [0.717, 1.165) is 35.7 Å². The summed E-state index contributed by atoms with van der Waals surface area (Å²) in [5.41, 5.74) is 3.46. The number of carbonyl (C=O) groups excluding carboxylic acids is 1. The number of nitrogens with one attached hydrogen (secondary N) is 1. The molecule has 0 radical (unpaired) electrons. The molecule has 0 spiro atoms. The van der Waals surface area contributed by atoms with Crippen molar-refractivity contribution in [3.8, 4) is 11.5 Å². The first-order valence-electron chi connectivity index (χ1n) is 10.4. The predicted octanol–water partition coefficient (Wildman–Crippen LogP) is 4.03. The number of likely N-dealkylation sites (tertiary alicyclic amines) is 1. The van der Waals surface area contributed by atoms with Crippen molar-refractivity contribution in [2.75, 3.05) is 33.4 Å². The molecule has 0 aliphatic carbocycles. The molecule has 1 atom stereocenters. The van der Waals surface area contributed by atoms with Crippen molar-refractivity contribution in [1.82, 2.24) is 10.2 Å². The Kier molecular flexibility index (Phi) is 7.53. The van der Waals surface area contributed by atoms with Gasteiger partial charge in [-0.2, -0.15) is 0 Å². The summed E-state index contributed by atoms with van der Waals surface area (Å²) < 4.78 is 11.0. The minimum absolute atomic E-state index is 0.0260. The van der Waals surface area contributed by atoms with E-state index in [1.54, 1.807) is 7.11 Å². The minimum Gasteiger partial charge on any atom is -0.497 e. The normalized spacial score (nSPS) is 15.6. The Labute approximate surface area is 174 Å². The molecule has 1 saturated heterocycles. The summed E-state index contributed by atoms with van der Waals surface area (Å²) in [4.78, 5) is 14.9. The summed E-state index contributed by atoms with van der Waals surface area (Å²) >= 11 is 0. The highest BCUT2D eigenvalue weighted by molar-refractivity contribution is 5.77. The highest BCUT2D eigenvalue weighted by atomic mass is 16.5. The quantitative estimate of drug-likeness (QED) is 0.732. The van der Waals surface area contributed by atoms with Gasteiger partial charge in [0.15, 0.2) is 6.61 Å². The maximum absolute atomic E-state index is 12.4. The van der Waals surface area contributed by atoms with E-state index in [4.69, 9.17) is 9.47 Å². The Morgan fingerprint density at radius 1 is 1.00 bits per heavy atom. The van der Waals surface area contributed by atoms with Crippen LogP contribution in [0.3, 0.4) is 0 Å². The van der Waals surface area contributed by atoms with Gasteiger partial charge in [-0.1, -0.05) is 24.6 Å². The lowest BCUT2D eigenvalue weighted by atomic mass is 10.0. The standard InChI is InChI=1S/C24H32N2O3/c1-18-13-19(2)15-22(14-18)29-17-24(27)25-16-23(26-11-5-4-6-12-26)20-7-9-21(28-3)10-8-20/h7-10,13-15,23H,4-6,11-12,16-17H2,1-3H3,(H,25,27)/t23-/m1/s1. The molecule has 1 aliphatic heterocycles. The van der Waals surface area contributed by atoms with Crippen LogP contribution in [0, 0.1) is 13.8 Å². The molecule has 2 aromatic rings. The smallest absolute Gasteiger partial charge is 0.258 e. The summed E-state index contributed by atoms with van der Waals surface area (Å²) in [7, 11) is 1.67. The van der Waals surface area contributed by atoms with Crippen LogP contribution in [0.15, 0.2) is 42.5 Å². The summed E-state index contributed by atoms with van der Waals surface area (Å²) in [5, 5.41) is 3.07. The fraction of sp³-hybridized carbons (Fsp3) is 0.458. The van der Waals surface area contributed by atoms with Crippen LogP contribution in [-0.2, 0) is 4.79 Å². The lowest BCUT2D eigenvalue weighted by molar-refractivity contribution is -0.123. The highest BCUT2D eigenvalue weighted by Crippen LogP contribution is 2.26. The number of ether oxygens (including phenoxy) is 2. The number of nitrogens with zero attached hydrogens (tertiary/aromatic N) is 1. The van der Waals surface area contributed by atoms with E-state index in [1.807, 2.05) is 38.1 Å². The van der Waals surface area contributed by atoms with E-state index in [2.05, 4.69) is 28.4 Å². The third kappa shape index (κ3) is 6.23. The van der Waals surface area contributed by atoms with Crippen LogP contribution < -0.4 is 14.8 Å². The van der Waals surface area contributed by atoms with E-state index in [9.17, 15) is 4.79 Å². The van der Waals surface area contributed by atoms with E-state index in [-0.39, 0.29) is 18.6 Å². The Balaban J connectivity index is 1.60. The molecular weight excluding hydrogens is 364 g/mol. The van der Waals surface area contributed by atoms with Gasteiger partial charge >= 0.3 is 0 Å². The van der Waals surface area contributed by atoms with Gasteiger partial charge < -0.3 is 14.8 Å². The van der Waals surface area contributed by atoms with Gasteiger partial charge in [0.1, 0.15) is 11.5 Å². The number of rotatable bonds is 8. The van der Waals surface area contributed by atoms with Crippen LogP contribution in [0.5, 0.6) is 11.5 Å². The van der Waals surface area contributed by atoms with Gasteiger partial charge in [-0.05, 0) is 80.7 Å². The number of hydrogen-bond donors (Lipinski definition) is 1. The van der Waals surface area contributed by atoms with Crippen molar-refractivity contribution >= 4 is 5.91 Å². The molecule has 0 bridgehead atoms. The van der Waals surface area contributed by atoms with Crippen LogP contribution >= 0.6 is 0 Å². The van der Waals surface area contributed by atoms with Gasteiger partial charge in [-0.3, -0.25) is 9.69 Å². The Morgan fingerprint density at radius 3 is 2.28 bits per heavy atom. The number of aryl methyl sites for hydroxylation is 2. The lowest BCUT2D eigenvalue weighted by Gasteiger charge is -2.35. The van der Waals surface area contributed by atoms with Gasteiger partial charge in [-0.15, -0.1) is 0 Å². The summed E-state index contributed by atoms with van der Waals surface area (Å²) in [6, 6.07) is 14.3. The first kappa shape index (κ1) is 21.2. The number of hydrogen-bond acceptors (Lipinski definition) is 4. The molecule has 3 rings (SSSR count). The van der Waals surface area contributed by atoms with E-state index in [0.29, 0.717) is 6.54 Å². The maximum atomic E-state index is 12.4. The molecule has 5 nitrogen and oxygen atoms in total. The Morgan fingerprint density at radius 2 is 1.66 bits per heavy atom. The van der Waals surface area contributed by atoms with Crippen molar-refractivity contribution in [2.45, 2.75) is 39.2 Å². The number of piperidine rings is 1. The van der Waals surface area contributed by atoms with Gasteiger partial charge in [0.05, 0.1) is 13.2 Å². The zero-order valence-electron chi connectivity index (χ0n) is 17.7. The van der Waals surface area contributed by atoms with Crippen LogP contribution in [0.1, 0.15) is 42.0 Å². The highest BCUT2D eigenvalue weighted by Gasteiger charge is 2.23. The molecule has 29 heavy (non-hydrogen) atoms. The first-order chi connectivity index (χ1) is 14.0. The molecule has 1 aliphatic rings. The first-order valence-corrected chi connectivity index (χ1v) is 10.4. The van der Waals surface area contributed by atoms with Gasteiger partial charge in [0.25, 0.3) is 5.91 Å². The number of carbonyl (C=O) groups is 1. The van der Waals surface area contributed by atoms with E-state index < -0.39 is 0 Å². The summed E-state index contributed by atoms with van der Waals surface area (Å²) in [5.74, 6) is 1.48. The Hall–Kier alpha value is -2.53. The van der Waals surface area contributed by atoms with Crippen molar-refractivity contribution in [1.29, 1.82) is 0 Å². The van der Waals surface area contributed by atoms with Gasteiger partial charge in [0.2, 0.25) is 0 Å². The fourth-order valence-corrected chi connectivity index (χ4v) is 3.94. The lowest BCUT2D eigenvalue weighted by Crippen LogP contribution is -2.41. The number of benzene rings is 2. The van der Waals surface area contributed by atoms with Crippen LogP contribution in [-0.4, -0.2) is 44.2 Å². The van der Waals surface area contributed by atoms with Crippen molar-refractivity contribution < 1.29 is 14.3 Å². The number of amides is 1. The molecule has 1 fully saturated rings. The molecule has 156 valence electrons. The average Bonchev–Trinajstić information content (AvgIpc) is 2.73. The third-order valence-corrected chi connectivity index (χ3v) is 5.39. The molecule has 0 aromatic heterocycles. The zero-order valence-corrected chi connectivity index (χ0v) is 17.7. The van der Waals surface area contributed by atoms with E-state index in [1.165, 1.54) is 24.8 Å². The average molecular weight is 397 g/mol. The number of methoxy groups -OCH3 is 1. The SMILES string of the molecule is COc1ccc([C@@H](CNC(=O)COc2cc(C)cc(C)c2)N2CCCCC2)cc1. The second kappa shape index (κ2) is 10.3. The van der Waals surface area contributed by atoms with Crippen molar-refractivity contribution in [3.63, 3.8) is 0 Å². The largest absolute Gasteiger partial charge is 0.497 e. The summed E-state index contributed by atoms with van der Waals surface area (Å²) in [6.45, 7) is 6.77. The maximum Gasteiger partial charge on any atom is 0.258 e. The van der Waals surface area contributed by atoms with Crippen molar-refractivity contribution in [3.05, 3.63) is 59.2 Å². The van der Waals surface area contributed by atoms with Crippen molar-refractivity contribution in [2.24, 2.45) is 0 Å². The van der Waals surface area contributed by atoms with E-state index >= 15 is 0 Å². The van der Waals surface area contributed by atoms with Crippen LogP contribution in [0.2, 0.25) is 0 Å². The monoisotopic (exact) mass is 396 g/mol. The molecule has 2 aromatic carbocycles. The molecule has 0 saturated carbocycles. The summed E-state index contributed by atoms with van der Waals surface area (Å²) in [6.07, 6.45) is 3.69. The Bertz CT molecular complexity index is 778. The molecule has 1 N–H and O–H groups in total. The molecule has 5 heteroatoms. The second-order valence-electron chi connectivity index (χ2n) is 7.80. The minimum atomic E-state index is -0.0975. The molecule has 0 unspecified atom stereocenters. The second-order valence-corrected chi connectivity index (χ2v) is 7.80. The predicted molar refractivity (Wildman–Crippen MR) is 116 cm³/mol. The van der Waals surface area contributed by atoms with Crippen LogP contribution in [0.25, 0.3) is 0 Å². The van der Waals surface area contributed by atoms with Gasteiger partial charge in [-0.25, -0.2) is 0 Å². The third-order valence-electron chi connectivity index (χ3n) is 5.39. The van der Waals surface area contributed by atoms with Crippen LogP contribution in [0.4, 0.5) is 0 Å². The molecular formula is C24H32N2O3. The molecule has 1 heterocycles. The zero-order chi connectivity index (χ0) is 20.6. The topological polar surface area (TPSA) is 50.8 Å². The van der Waals surface area contributed by atoms with Gasteiger partial charge in [0, 0.05) is 6.54 Å². The fourth-order valence-electron chi connectivity index (χ4n) is 3.94.